The number of nitro benzene ring substituents is 1. The van der Waals surface area contributed by atoms with Crippen molar-refractivity contribution in [2.45, 2.75) is 6.18 Å². The Morgan fingerprint density at radius 2 is 1.76 bits per heavy atom. The maximum absolute atomic E-state index is 12.7. The monoisotopic (exact) mass is 344 g/mol. The van der Waals surface area contributed by atoms with Gasteiger partial charge in [0.15, 0.2) is 0 Å². The van der Waals surface area contributed by atoms with Crippen molar-refractivity contribution in [1.82, 2.24) is 4.98 Å². The number of aromatic nitrogens is 1. The number of benzene rings is 2. The fraction of sp³-hybridized carbons (Fsp3) is 0.0556. The molecule has 25 heavy (non-hydrogen) atoms. The molecule has 1 aromatic heterocycles. The number of fused-ring (bicyclic) bond motifs is 1. The van der Waals surface area contributed by atoms with E-state index in [-0.39, 0.29) is 11.2 Å². The lowest BCUT2D eigenvalue weighted by Crippen LogP contribution is -2.04. The molecule has 0 unspecified atom stereocenters. The molecular formula is C18H11F3N2O2. The SMILES string of the molecule is O=[N+]([O-])c1cccc2ccc(/C=C/c3cccc(C(F)(F)F)c3)nc12. The Balaban J connectivity index is 1.97. The lowest BCUT2D eigenvalue weighted by Gasteiger charge is -2.06. The van der Waals surface area contributed by atoms with E-state index in [0.29, 0.717) is 16.6 Å². The van der Waals surface area contributed by atoms with Crippen molar-refractivity contribution in [2.75, 3.05) is 0 Å². The average molecular weight is 344 g/mol. The van der Waals surface area contributed by atoms with Crippen molar-refractivity contribution >= 4 is 28.7 Å². The van der Waals surface area contributed by atoms with Gasteiger partial charge in [-0.2, -0.15) is 13.2 Å². The van der Waals surface area contributed by atoms with Crippen molar-refractivity contribution < 1.29 is 18.1 Å². The van der Waals surface area contributed by atoms with Gasteiger partial charge in [0.25, 0.3) is 5.69 Å². The summed E-state index contributed by atoms with van der Waals surface area (Å²) in [6.07, 6.45) is -1.41. The van der Waals surface area contributed by atoms with Crippen molar-refractivity contribution in [1.29, 1.82) is 0 Å². The second-order valence-corrected chi connectivity index (χ2v) is 5.30. The molecule has 3 aromatic rings. The van der Waals surface area contributed by atoms with Crippen LogP contribution in [-0.4, -0.2) is 9.91 Å². The van der Waals surface area contributed by atoms with Crippen LogP contribution in [0.25, 0.3) is 23.1 Å². The molecule has 0 saturated carbocycles. The van der Waals surface area contributed by atoms with Gasteiger partial charge in [0.1, 0.15) is 5.52 Å². The highest BCUT2D eigenvalue weighted by Gasteiger charge is 2.30. The Labute approximate surface area is 140 Å². The zero-order chi connectivity index (χ0) is 18.0. The summed E-state index contributed by atoms with van der Waals surface area (Å²) in [5.41, 5.74) is 0.153. The number of alkyl halides is 3. The van der Waals surface area contributed by atoms with Gasteiger partial charge in [0, 0.05) is 11.5 Å². The lowest BCUT2D eigenvalue weighted by atomic mass is 10.1. The minimum Gasteiger partial charge on any atom is -0.258 e. The molecule has 0 saturated heterocycles. The zero-order valence-corrected chi connectivity index (χ0v) is 12.7. The molecule has 0 atom stereocenters. The molecular weight excluding hydrogens is 333 g/mol. The summed E-state index contributed by atoms with van der Waals surface area (Å²) in [6.45, 7) is 0. The molecule has 0 fully saturated rings. The number of halogens is 3. The van der Waals surface area contributed by atoms with Gasteiger partial charge in [-0.25, -0.2) is 4.98 Å². The summed E-state index contributed by atoms with van der Waals surface area (Å²) in [6, 6.07) is 12.8. The third-order valence-corrected chi connectivity index (χ3v) is 3.58. The molecule has 0 spiro atoms. The van der Waals surface area contributed by atoms with Crippen molar-refractivity contribution in [3.8, 4) is 0 Å². The quantitative estimate of drug-likeness (QED) is 0.476. The number of nitro groups is 1. The average Bonchev–Trinajstić information content (AvgIpc) is 2.58. The minimum atomic E-state index is -4.41. The van der Waals surface area contributed by atoms with Gasteiger partial charge in [0.05, 0.1) is 16.2 Å². The van der Waals surface area contributed by atoms with E-state index in [1.165, 1.54) is 30.4 Å². The molecule has 2 aromatic carbocycles. The molecule has 0 amide bonds. The number of pyridine rings is 1. The van der Waals surface area contributed by atoms with Gasteiger partial charge < -0.3 is 0 Å². The summed E-state index contributed by atoms with van der Waals surface area (Å²) < 4.78 is 38.2. The van der Waals surface area contributed by atoms with Crippen LogP contribution in [0.4, 0.5) is 18.9 Å². The fourth-order valence-electron chi connectivity index (χ4n) is 2.39. The largest absolute Gasteiger partial charge is 0.416 e. The highest BCUT2D eigenvalue weighted by molar-refractivity contribution is 5.88. The summed E-state index contributed by atoms with van der Waals surface area (Å²) in [5, 5.41) is 11.7. The van der Waals surface area contributed by atoms with Gasteiger partial charge in [0.2, 0.25) is 0 Å². The normalized spacial score (nSPS) is 12.0. The molecule has 0 radical (unpaired) electrons. The summed E-state index contributed by atoms with van der Waals surface area (Å²) in [7, 11) is 0. The Bertz CT molecular complexity index is 981. The smallest absolute Gasteiger partial charge is 0.258 e. The van der Waals surface area contributed by atoms with Gasteiger partial charge in [-0.1, -0.05) is 36.4 Å². The topological polar surface area (TPSA) is 56.0 Å². The number of para-hydroxylation sites is 1. The predicted molar refractivity (Wildman–Crippen MR) is 88.8 cm³/mol. The van der Waals surface area contributed by atoms with Crippen LogP contribution in [-0.2, 0) is 6.18 Å². The number of rotatable bonds is 3. The van der Waals surface area contributed by atoms with Crippen molar-refractivity contribution in [3.05, 3.63) is 81.5 Å². The number of non-ortho nitro benzene ring substituents is 1. The molecule has 0 bridgehead atoms. The Morgan fingerprint density at radius 3 is 2.48 bits per heavy atom. The molecule has 3 rings (SSSR count). The molecule has 0 aliphatic rings. The van der Waals surface area contributed by atoms with E-state index in [4.69, 9.17) is 0 Å². The second-order valence-electron chi connectivity index (χ2n) is 5.30. The molecule has 4 nitrogen and oxygen atoms in total. The van der Waals surface area contributed by atoms with Crippen LogP contribution in [0, 0.1) is 10.1 Å². The van der Waals surface area contributed by atoms with E-state index in [9.17, 15) is 23.3 Å². The van der Waals surface area contributed by atoms with E-state index in [2.05, 4.69) is 4.98 Å². The third kappa shape index (κ3) is 3.65. The van der Waals surface area contributed by atoms with Crippen LogP contribution in [0.1, 0.15) is 16.8 Å². The summed E-state index contributed by atoms with van der Waals surface area (Å²) >= 11 is 0. The lowest BCUT2D eigenvalue weighted by molar-refractivity contribution is -0.383. The minimum absolute atomic E-state index is 0.119. The van der Waals surface area contributed by atoms with E-state index >= 15 is 0 Å². The highest BCUT2D eigenvalue weighted by atomic mass is 19.4. The number of hydrogen-bond acceptors (Lipinski definition) is 3. The number of nitrogens with zero attached hydrogens (tertiary/aromatic N) is 2. The van der Waals surface area contributed by atoms with Crippen LogP contribution in [0.2, 0.25) is 0 Å². The van der Waals surface area contributed by atoms with Crippen LogP contribution in [0.15, 0.2) is 54.6 Å². The Morgan fingerprint density at radius 1 is 1.00 bits per heavy atom. The van der Waals surface area contributed by atoms with Crippen molar-refractivity contribution in [3.63, 3.8) is 0 Å². The van der Waals surface area contributed by atoms with Gasteiger partial charge in [-0.05, 0) is 29.8 Å². The van der Waals surface area contributed by atoms with E-state index < -0.39 is 16.7 Å². The highest BCUT2D eigenvalue weighted by Crippen LogP contribution is 2.30. The molecule has 0 aliphatic carbocycles. The van der Waals surface area contributed by atoms with Crippen LogP contribution >= 0.6 is 0 Å². The van der Waals surface area contributed by atoms with Crippen LogP contribution in [0.3, 0.4) is 0 Å². The van der Waals surface area contributed by atoms with Gasteiger partial charge in [-0.3, -0.25) is 10.1 Å². The third-order valence-electron chi connectivity index (χ3n) is 3.58. The maximum atomic E-state index is 12.7. The molecule has 0 aliphatic heterocycles. The second kappa shape index (κ2) is 6.35. The van der Waals surface area contributed by atoms with E-state index in [1.807, 2.05) is 0 Å². The molecule has 126 valence electrons. The zero-order valence-electron chi connectivity index (χ0n) is 12.7. The summed E-state index contributed by atoms with van der Waals surface area (Å²) in [5.74, 6) is 0. The molecule has 1 heterocycles. The van der Waals surface area contributed by atoms with E-state index in [1.54, 1.807) is 24.3 Å². The maximum Gasteiger partial charge on any atom is 0.416 e. The predicted octanol–water partition coefficient (Wildman–Crippen LogP) is 5.33. The first-order valence-electron chi connectivity index (χ1n) is 7.24. The van der Waals surface area contributed by atoms with Gasteiger partial charge >= 0.3 is 6.18 Å². The first kappa shape index (κ1) is 16.6. The molecule has 0 N–H and O–H groups in total. The first-order valence-corrected chi connectivity index (χ1v) is 7.24. The fourth-order valence-corrected chi connectivity index (χ4v) is 2.39. The number of hydrogen-bond donors (Lipinski definition) is 0. The standard InChI is InChI=1S/C18H11F3N2O2/c19-18(20,21)14-5-1-3-12(11-14)7-9-15-10-8-13-4-2-6-16(23(24)25)17(13)22-15/h1-11H/b9-7+. The molecule has 7 heteroatoms. The van der Waals surface area contributed by atoms with E-state index in [0.717, 1.165) is 12.1 Å². The summed E-state index contributed by atoms with van der Waals surface area (Å²) in [4.78, 5) is 14.8. The Kier molecular flexibility index (Phi) is 4.22. The Hall–Kier alpha value is -3.22. The first-order chi connectivity index (χ1) is 11.8. The van der Waals surface area contributed by atoms with Gasteiger partial charge in [-0.15, -0.1) is 0 Å². The van der Waals surface area contributed by atoms with Crippen LogP contribution < -0.4 is 0 Å². The van der Waals surface area contributed by atoms with Crippen LogP contribution in [0.5, 0.6) is 0 Å². The van der Waals surface area contributed by atoms with Crippen molar-refractivity contribution in [2.24, 2.45) is 0 Å².